The average Bonchev–Trinajstić information content (AvgIpc) is 2.25. The van der Waals surface area contributed by atoms with Crippen molar-refractivity contribution in [3.8, 4) is 0 Å². The second-order valence-electron chi connectivity index (χ2n) is 2.86. The maximum Gasteiger partial charge on any atom is 0.363 e. The normalized spacial score (nSPS) is 29.6. The van der Waals surface area contributed by atoms with Crippen LogP contribution in [-0.4, -0.2) is 26.8 Å². The molecule has 1 rings (SSSR count). The van der Waals surface area contributed by atoms with Crippen LogP contribution in [0.15, 0.2) is 0 Å². The minimum Gasteiger partial charge on any atom is -0.294 e. The van der Waals surface area contributed by atoms with E-state index < -0.39 is 26.8 Å². The molecular formula is C5Cl4F6O. The van der Waals surface area contributed by atoms with Gasteiger partial charge in [-0.25, -0.2) is 0 Å². The lowest BCUT2D eigenvalue weighted by Gasteiger charge is -2.25. The first-order chi connectivity index (χ1) is 6.71. The van der Waals surface area contributed by atoms with E-state index in [-0.39, 0.29) is 0 Å². The summed E-state index contributed by atoms with van der Waals surface area (Å²) < 4.78 is 74.5. The Hall–Kier alpha value is 0.700. The quantitative estimate of drug-likeness (QED) is 0.556. The highest BCUT2D eigenvalue weighted by Crippen LogP contribution is 2.72. The first-order valence-electron chi connectivity index (χ1n) is 3.30. The molecule has 1 unspecified atom stereocenters. The average molecular weight is 332 g/mol. The Morgan fingerprint density at radius 2 is 1.19 bits per heavy atom. The summed E-state index contributed by atoms with van der Waals surface area (Å²) >= 11 is 18.0. The van der Waals surface area contributed by atoms with E-state index in [9.17, 15) is 26.3 Å². The Labute approximate surface area is 105 Å². The summed E-state index contributed by atoms with van der Waals surface area (Å²) in [6.07, 6.45) is 0. The number of hydrogen-bond acceptors (Lipinski definition) is 1. The molecule has 1 nitrogen and oxygen atoms in total. The third kappa shape index (κ3) is 1.67. The molecule has 0 bridgehead atoms. The molecule has 16 heavy (non-hydrogen) atoms. The summed E-state index contributed by atoms with van der Waals surface area (Å²) in [4.78, 5) is 0. The van der Waals surface area contributed by atoms with E-state index in [2.05, 4.69) is 51.1 Å². The maximum absolute atomic E-state index is 13.0. The largest absolute Gasteiger partial charge is 0.363 e. The SMILES string of the molecule is FC(Cl)(Cl)C(F)(Cl)OC1(Cl)C(F)(F)C1(F)F. The zero-order chi connectivity index (χ0) is 13.2. The van der Waals surface area contributed by atoms with Gasteiger partial charge in [-0.1, -0.05) is 34.8 Å². The van der Waals surface area contributed by atoms with Crippen LogP contribution in [-0.2, 0) is 4.74 Å². The van der Waals surface area contributed by atoms with Crippen molar-refractivity contribution in [3.63, 3.8) is 0 Å². The van der Waals surface area contributed by atoms with Gasteiger partial charge in [-0.3, -0.25) is 4.74 Å². The predicted octanol–water partition coefficient (Wildman–Crippen LogP) is 4.19. The molecule has 1 atom stereocenters. The van der Waals surface area contributed by atoms with Gasteiger partial charge in [-0.05, 0) is 11.6 Å². The van der Waals surface area contributed by atoms with Crippen molar-refractivity contribution in [2.75, 3.05) is 0 Å². The van der Waals surface area contributed by atoms with Crippen molar-refractivity contribution in [3.05, 3.63) is 0 Å². The molecular weight excluding hydrogens is 332 g/mol. The van der Waals surface area contributed by atoms with Crippen molar-refractivity contribution in [1.82, 2.24) is 0 Å². The molecule has 1 saturated carbocycles. The highest BCUT2D eigenvalue weighted by atomic mass is 35.5. The molecule has 11 heteroatoms. The second kappa shape index (κ2) is 3.38. The second-order valence-corrected chi connectivity index (χ2v) is 5.11. The summed E-state index contributed by atoms with van der Waals surface area (Å²) in [6, 6.07) is 0. The number of hydrogen-bond donors (Lipinski definition) is 0. The summed E-state index contributed by atoms with van der Waals surface area (Å²) in [6.45, 7) is 0. The molecule has 1 aliphatic carbocycles. The Kier molecular flexibility index (Phi) is 3.11. The zero-order valence-corrected chi connectivity index (χ0v) is 9.71. The lowest BCUT2D eigenvalue weighted by molar-refractivity contribution is -0.167. The molecule has 1 aliphatic rings. The van der Waals surface area contributed by atoms with Crippen LogP contribution in [0, 0.1) is 0 Å². The maximum atomic E-state index is 13.0. The fourth-order valence-electron chi connectivity index (χ4n) is 0.726. The lowest BCUT2D eigenvalue weighted by Crippen LogP contribution is -2.41. The molecule has 96 valence electrons. The van der Waals surface area contributed by atoms with Gasteiger partial charge < -0.3 is 0 Å². The monoisotopic (exact) mass is 330 g/mol. The molecule has 0 aromatic heterocycles. The first-order valence-corrected chi connectivity index (χ1v) is 4.81. The summed E-state index contributed by atoms with van der Waals surface area (Å²) in [5.41, 5.74) is 0. The lowest BCUT2D eigenvalue weighted by atomic mass is 10.6. The molecule has 0 aromatic rings. The number of alkyl halides is 10. The van der Waals surface area contributed by atoms with Crippen LogP contribution in [0.1, 0.15) is 0 Å². The van der Waals surface area contributed by atoms with Crippen LogP contribution in [0.3, 0.4) is 0 Å². The zero-order valence-electron chi connectivity index (χ0n) is 6.69. The van der Waals surface area contributed by atoms with Crippen molar-refractivity contribution >= 4 is 46.4 Å². The van der Waals surface area contributed by atoms with Crippen molar-refractivity contribution < 1.29 is 31.1 Å². The van der Waals surface area contributed by atoms with E-state index in [1.165, 1.54) is 0 Å². The molecule has 0 aromatic carbocycles. The van der Waals surface area contributed by atoms with Gasteiger partial charge in [0.15, 0.2) is 0 Å². The topological polar surface area (TPSA) is 9.23 Å². The van der Waals surface area contributed by atoms with Crippen molar-refractivity contribution in [1.29, 1.82) is 0 Å². The first kappa shape index (κ1) is 14.8. The van der Waals surface area contributed by atoms with Gasteiger partial charge in [0.05, 0.1) is 0 Å². The highest BCUT2D eigenvalue weighted by molar-refractivity contribution is 6.51. The summed E-state index contributed by atoms with van der Waals surface area (Å²) in [7, 11) is 0. The van der Waals surface area contributed by atoms with Gasteiger partial charge in [0.25, 0.3) is 5.06 Å². The standard InChI is InChI=1S/C5Cl4F6O/c6-1(2(10,11)3(1,12)13)16-5(9,15)4(7,8)14. The van der Waals surface area contributed by atoms with Crippen molar-refractivity contribution in [2.24, 2.45) is 0 Å². The van der Waals surface area contributed by atoms with Crippen LogP contribution in [0.5, 0.6) is 0 Å². The van der Waals surface area contributed by atoms with Crippen LogP contribution < -0.4 is 0 Å². The van der Waals surface area contributed by atoms with Gasteiger partial charge in [0.1, 0.15) is 0 Å². The van der Waals surface area contributed by atoms with E-state index in [4.69, 9.17) is 0 Å². The van der Waals surface area contributed by atoms with Crippen LogP contribution in [0.4, 0.5) is 26.3 Å². The van der Waals surface area contributed by atoms with E-state index in [0.717, 1.165) is 0 Å². The van der Waals surface area contributed by atoms with Crippen LogP contribution >= 0.6 is 46.4 Å². The fraction of sp³-hybridized carbons (Fsp3) is 1.00. The van der Waals surface area contributed by atoms with Gasteiger partial charge in [0.2, 0.25) is 0 Å². The third-order valence-electron chi connectivity index (χ3n) is 1.74. The molecule has 0 radical (unpaired) electrons. The minimum absolute atomic E-state index is 3.26. The number of ether oxygens (including phenoxy) is 1. The molecule has 0 amide bonds. The third-order valence-corrected chi connectivity index (χ3v) is 3.31. The van der Waals surface area contributed by atoms with Gasteiger partial charge >= 0.3 is 21.7 Å². The van der Waals surface area contributed by atoms with E-state index >= 15 is 0 Å². The summed E-state index contributed by atoms with van der Waals surface area (Å²) in [5.74, 6) is -9.85. The Morgan fingerprint density at radius 1 is 0.875 bits per heavy atom. The molecule has 0 saturated heterocycles. The Bertz CT molecular complexity index is 299. The summed E-state index contributed by atoms with van der Waals surface area (Å²) in [5, 5.41) is -8.49. The minimum atomic E-state index is -4.92. The van der Waals surface area contributed by atoms with E-state index in [0.29, 0.717) is 0 Å². The van der Waals surface area contributed by atoms with Crippen molar-refractivity contribution in [2.45, 2.75) is 26.8 Å². The fourth-order valence-corrected chi connectivity index (χ4v) is 1.26. The highest BCUT2D eigenvalue weighted by Gasteiger charge is 3.00. The molecule has 0 aliphatic heterocycles. The molecule has 0 heterocycles. The van der Waals surface area contributed by atoms with E-state index in [1.54, 1.807) is 0 Å². The number of halogens is 10. The van der Waals surface area contributed by atoms with Crippen LogP contribution in [0.25, 0.3) is 0 Å². The smallest absolute Gasteiger partial charge is 0.294 e. The van der Waals surface area contributed by atoms with E-state index in [1.807, 2.05) is 0 Å². The molecule has 1 fully saturated rings. The van der Waals surface area contributed by atoms with Gasteiger partial charge in [0, 0.05) is 0 Å². The van der Waals surface area contributed by atoms with Crippen LogP contribution in [0.2, 0.25) is 0 Å². The van der Waals surface area contributed by atoms with Gasteiger partial charge in [-0.2, -0.15) is 26.3 Å². The molecule has 0 N–H and O–H groups in total. The van der Waals surface area contributed by atoms with Gasteiger partial charge in [-0.15, -0.1) is 0 Å². The molecule has 0 spiro atoms. The Balaban J connectivity index is 2.94. The Morgan fingerprint density at radius 3 is 1.38 bits per heavy atom. The number of rotatable bonds is 3. The predicted molar refractivity (Wildman–Crippen MR) is 44.8 cm³/mol.